The van der Waals surface area contributed by atoms with Crippen LogP contribution in [0.2, 0.25) is 0 Å². The second kappa shape index (κ2) is 15.8. The molecule has 1 aliphatic carbocycles. The molecule has 1 aliphatic rings. The standard InChI is InChI=1S/C37H37N3O6S2.Na/c1-38(2)32-17-11-29(12-18-32)37(30-13-19-33(20-14-30)39(3)4)31-15-21-34(22-16-31)40(25-27-7-5-9-35(23-27)47(41,42)43)26-28-8-6-10-36(24-28)48(44,45)46;/h5-24H,25-26H2,1-4H3,(H-,41,42,43,44,45,46);/q;+1. The maximum Gasteiger partial charge on any atom is 1.00 e. The number of benzene rings is 4. The van der Waals surface area contributed by atoms with Gasteiger partial charge in [-0.25, -0.2) is 13.0 Å². The maximum absolute atomic E-state index is 11.9. The number of anilines is 2. The van der Waals surface area contributed by atoms with Crippen molar-refractivity contribution in [3.63, 3.8) is 0 Å². The van der Waals surface area contributed by atoms with Gasteiger partial charge in [-0.1, -0.05) is 48.5 Å². The molecule has 0 radical (unpaired) electrons. The Morgan fingerprint density at radius 1 is 0.694 bits per heavy atom. The minimum Gasteiger partial charge on any atom is -0.744 e. The minimum absolute atomic E-state index is 0. The summed E-state index contributed by atoms with van der Waals surface area (Å²) in [6.07, 6.45) is 8.36. The summed E-state index contributed by atoms with van der Waals surface area (Å²) in [7, 11) is -1.08. The van der Waals surface area contributed by atoms with Gasteiger partial charge in [0.15, 0.2) is 5.71 Å². The Morgan fingerprint density at radius 2 is 1.16 bits per heavy atom. The van der Waals surface area contributed by atoms with E-state index in [9.17, 15) is 25.9 Å². The minimum atomic E-state index is -4.66. The Kier molecular flexibility index (Phi) is 12.3. The van der Waals surface area contributed by atoms with Crippen molar-refractivity contribution in [3.8, 4) is 0 Å². The zero-order chi connectivity index (χ0) is 34.6. The predicted octanol–water partition coefficient (Wildman–Crippen LogP) is 2.76. The molecule has 0 unspecified atom stereocenters. The molecule has 0 bridgehead atoms. The van der Waals surface area contributed by atoms with Gasteiger partial charge in [0.25, 0.3) is 10.1 Å². The van der Waals surface area contributed by atoms with Crippen LogP contribution in [0.25, 0.3) is 5.57 Å². The first kappa shape index (κ1) is 38.0. The van der Waals surface area contributed by atoms with Crippen LogP contribution < -0.4 is 39.4 Å². The van der Waals surface area contributed by atoms with E-state index < -0.39 is 20.2 Å². The number of hydrogen-bond donors (Lipinski definition) is 1. The van der Waals surface area contributed by atoms with Crippen LogP contribution in [0.3, 0.4) is 0 Å². The molecule has 0 aromatic heterocycles. The van der Waals surface area contributed by atoms with E-state index in [1.807, 2.05) is 66.8 Å². The molecule has 0 heterocycles. The molecule has 0 aliphatic heterocycles. The van der Waals surface area contributed by atoms with Gasteiger partial charge in [-0.2, -0.15) is 8.42 Å². The number of nitrogens with zero attached hydrogens (tertiary/aromatic N) is 3. The number of allylic oxidation sites excluding steroid dienone is 5. The Morgan fingerprint density at radius 3 is 1.61 bits per heavy atom. The Balaban J connectivity index is 0.00000541. The summed E-state index contributed by atoms with van der Waals surface area (Å²) in [5, 5.41) is 0. The van der Waals surface area contributed by atoms with Gasteiger partial charge in [0.2, 0.25) is 0 Å². The zero-order valence-electron chi connectivity index (χ0n) is 28.1. The number of rotatable bonds is 10. The van der Waals surface area contributed by atoms with Gasteiger partial charge < -0.3 is 14.4 Å². The zero-order valence-corrected chi connectivity index (χ0v) is 31.7. The summed E-state index contributed by atoms with van der Waals surface area (Å²) in [5.74, 6) is 0. The van der Waals surface area contributed by atoms with Crippen molar-refractivity contribution >= 4 is 42.9 Å². The quantitative estimate of drug-likeness (QED) is 0.152. The first-order chi connectivity index (χ1) is 22.7. The maximum atomic E-state index is 11.9. The second-order valence-electron chi connectivity index (χ2n) is 11.9. The molecule has 49 heavy (non-hydrogen) atoms. The normalized spacial score (nSPS) is 12.8. The molecule has 248 valence electrons. The fourth-order valence-corrected chi connectivity index (χ4v) is 6.57. The third kappa shape index (κ3) is 9.67. The van der Waals surface area contributed by atoms with E-state index in [1.54, 1.807) is 18.2 Å². The van der Waals surface area contributed by atoms with Gasteiger partial charge in [-0.05, 0) is 94.1 Å². The molecule has 0 amide bonds. The predicted molar refractivity (Wildman–Crippen MR) is 189 cm³/mol. The van der Waals surface area contributed by atoms with Gasteiger partial charge in [0, 0.05) is 50.7 Å². The molecule has 1 N–H and O–H groups in total. The van der Waals surface area contributed by atoms with Gasteiger partial charge >= 0.3 is 29.6 Å². The van der Waals surface area contributed by atoms with Crippen LogP contribution in [-0.4, -0.2) is 64.4 Å². The van der Waals surface area contributed by atoms with Crippen LogP contribution in [-0.2, 0) is 33.3 Å². The summed E-state index contributed by atoms with van der Waals surface area (Å²) in [6, 6.07) is 28.2. The monoisotopic (exact) mass is 706 g/mol. The average molecular weight is 707 g/mol. The molecule has 0 saturated heterocycles. The number of hydrogen-bond acceptors (Lipinski definition) is 7. The van der Waals surface area contributed by atoms with Crippen molar-refractivity contribution in [1.29, 1.82) is 0 Å². The second-order valence-corrected chi connectivity index (χ2v) is 14.7. The van der Waals surface area contributed by atoms with Gasteiger partial charge in [0.05, 0.1) is 9.79 Å². The molecule has 4 aromatic carbocycles. The van der Waals surface area contributed by atoms with Crippen molar-refractivity contribution in [2.45, 2.75) is 22.9 Å². The van der Waals surface area contributed by atoms with Crippen LogP contribution in [0.1, 0.15) is 22.3 Å². The van der Waals surface area contributed by atoms with Gasteiger partial charge in [-0.15, -0.1) is 0 Å². The molecule has 0 spiro atoms. The molecule has 12 heteroatoms. The van der Waals surface area contributed by atoms with Crippen LogP contribution in [0.4, 0.5) is 11.4 Å². The summed E-state index contributed by atoms with van der Waals surface area (Å²) in [4.78, 5) is 3.44. The van der Waals surface area contributed by atoms with Crippen molar-refractivity contribution in [2.24, 2.45) is 0 Å². The molecule has 0 atom stereocenters. The van der Waals surface area contributed by atoms with E-state index in [-0.39, 0.29) is 52.4 Å². The van der Waals surface area contributed by atoms with Crippen LogP contribution in [0, 0.1) is 0 Å². The van der Waals surface area contributed by atoms with E-state index in [2.05, 4.69) is 48.6 Å². The fraction of sp³-hybridized carbons (Fsp3) is 0.162. The van der Waals surface area contributed by atoms with Crippen LogP contribution in [0.15, 0.2) is 137 Å². The molecule has 0 saturated carbocycles. The summed E-state index contributed by atoms with van der Waals surface area (Å²) < 4.78 is 70.6. The first-order valence-electron chi connectivity index (χ1n) is 15.1. The molecular formula is C37H37N3NaO6S2+. The molecule has 4 aromatic rings. The van der Waals surface area contributed by atoms with E-state index in [4.69, 9.17) is 0 Å². The summed E-state index contributed by atoms with van der Waals surface area (Å²) >= 11 is 0. The van der Waals surface area contributed by atoms with Crippen molar-refractivity contribution in [2.75, 3.05) is 38.0 Å². The van der Waals surface area contributed by atoms with Gasteiger partial charge in [0.1, 0.15) is 24.2 Å². The topological polar surface area (TPSA) is 121 Å². The Labute approximate surface area is 311 Å². The first-order valence-corrected chi connectivity index (χ1v) is 17.9. The SMILES string of the molecule is CN(C)c1ccc(C(=C2C=CC(=[N+](C)C)C=C2)c2ccc(N(Cc3cccc(S(=O)(=O)[O-])c3)Cc3cccc(S(=O)(=O)O)c3)cc2)cc1.[Na+]. The third-order valence-electron chi connectivity index (χ3n) is 8.00. The Hall–Kier alpha value is -3.81. The van der Waals surface area contributed by atoms with E-state index in [1.165, 1.54) is 30.3 Å². The van der Waals surface area contributed by atoms with Crippen molar-refractivity contribution in [1.82, 2.24) is 0 Å². The molecule has 5 rings (SSSR count). The molecule has 0 fully saturated rings. The van der Waals surface area contributed by atoms with Crippen LogP contribution >= 0.6 is 0 Å². The van der Waals surface area contributed by atoms with Gasteiger partial charge in [-0.3, -0.25) is 4.55 Å². The van der Waals surface area contributed by atoms with Crippen LogP contribution in [0.5, 0.6) is 0 Å². The third-order valence-corrected chi connectivity index (χ3v) is 9.68. The van der Waals surface area contributed by atoms with E-state index in [0.29, 0.717) is 11.1 Å². The average Bonchev–Trinajstić information content (AvgIpc) is 3.05. The van der Waals surface area contributed by atoms with E-state index >= 15 is 0 Å². The smallest absolute Gasteiger partial charge is 0.744 e. The van der Waals surface area contributed by atoms with Crippen molar-refractivity contribution < 1.29 is 60.1 Å². The molecular weight excluding hydrogens is 670 g/mol. The Bertz CT molecular complexity index is 2070. The van der Waals surface area contributed by atoms with Crippen molar-refractivity contribution in [3.05, 3.63) is 149 Å². The molecule has 9 nitrogen and oxygen atoms in total. The summed E-state index contributed by atoms with van der Waals surface area (Å²) in [5.41, 5.74) is 8.22. The summed E-state index contributed by atoms with van der Waals surface area (Å²) in [6.45, 7) is 0.443. The fourth-order valence-electron chi connectivity index (χ4n) is 5.47. The largest absolute Gasteiger partial charge is 1.00 e. The van der Waals surface area contributed by atoms with E-state index in [0.717, 1.165) is 39.4 Å².